The van der Waals surface area contributed by atoms with Crippen molar-refractivity contribution in [2.24, 2.45) is 11.0 Å². The number of carbonyl (C=O) groups is 1. The van der Waals surface area contributed by atoms with Gasteiger partial charge in [0.1, 0.15) is 12.0 Å². The lowest BCUT2D eigenvalue weighted by Gasteiger charge is -2.45. The van der Waals surface area contributed by atoms with E-state index in [0.29, 0.717) is 17.8 Å². The summed E-state index contributed by atoms with van der Waals surface area (Å²) < 4.78 is 7.95. The number of hydrogen-bond donors (Lipinski definition) is 1. The summed E-state index contributed by atoms with van der Waals surface area (Å²) >= 11 is 0. The van der Waals surface area contributed by atoms with Gasteiger partial charge in [-0.2, -0.15) is 10.4 Å². The number of nitrogens with zero attached hydrogens (tertiary/aromatic N) is 8. The second-order valence-electron chi connectivity index (χ2n) is 6.84. The molecule has 3 unspecified atom stereocenters. The SMILES string of the molecule is COC(=O)c1nnn(C#N)c1C1=NNC2C3CCCCC3n3cncc3N12. The van der Waals surface area contributed by atoms with Gasteiger partial charge in [0, 0.05) is 12.0 Å². The van der Waals surface area contributed by atoms with Crippen LogP contribution >= 0.6 is 0 Å². The summed E-state index contributed by atoms with van der Waals surface area (Å²) in [6.07, 6.45) is 9.99. The number of ether oxygens (including phenoxy) is 1. The first-order valence-corrected chi connectivity index (χ1v) is 8.83. The molecule has 0 spiro atoms. The molecule has 2 aromatic heterocycles. The maximum atomic E-state index is 12.1. The van der Waals surface area contributed by atoms with E-state index in [4.69, 9.17) is 4.74 Å². The Morgan fingerprint density at radius 2 is 2.26 bits per heavy atom. The zero-order chi connectivity index (χ0) is 18.5. The van der Waals surface area contributed by atoms with Crippen molar-refractivity contribution in [3.8, 4) is 6.19 Å². The van der Waals surface area contributed by atoms with Crippen LogP contribution in [-0.2, 0) is 4.74 Å². The predicted molar refractivity (Wildman–Crippen MR) is 91.5 cm³/mol. The smallest absolute Gasteiger partial charge is 0.361 e. The van der Waals surface area contributed by atoms with Crippen molar-refractivity contribution < 1.29 is 9.53 Å². The number of amidine groups is 1. The summed E-state index contributed by atoms with van der Waals surface area (Å²) in [4.78, 5) is 18.5. The average Bonchev–Trinajstić information content (AvgIpc) is 3.43. The van der Waals surface area contributed by atoms with Crippen molar-refractivity contribution in [3.05, 3.63) is 23.9 Å². The molecule has 4 heterocycles. The average molecular weight is 367 g/mol. The van der Waals surface area contributed by atoms with E-state index >= 15 is 0 Å². The van der Waals surface area contributed by atoms with Gasteiger partial charge in [-0.05, 0) is 12.8 Å². The molecule has 1 fully saturated rings. The minimum Gasteiger partial charge on any atom is -0.464 e. The Balaban J connectivity index is 1.65. The fraction of sp³-hybridized carbons (Fsp3) is 0.500. The number of carbonyl (C=O) groups excluding carboxylic acids is 1. The van der Waals surface area contributed by atoms with Crippen LogP contribution in [0.2, 0.25) is 0 Å². The van der Waals surface area contributed by atoms with E-state index in [0.717, 1.165) is 29.8 Å². The summed E-state index contributed by atoms with van der Waals surface area (Å²) in [6.45, 7) is 0. The predicted octanol–water partition coefficient (Wildman–Crippen LogP) is 0.433. The number of aromatic nitrogens is 5. The molecule has 27 heavy (non-hydrogen) atoms. The molecule has 0 aromatic carbocycles. The number of methoxy groups -OCH3 is 1. The Morgan fingerprint density at radius 3 is 3.07 bits per heavy atom. The molecular weight excluding hydrogens is 350 g/mol. The molecule has 11 heteroatoms. The highest BCUT2D eigenvalue weighted by molar-refractivity contribution is 6.14. The third-order valence-electron chi connectivity index (χ3n) is 5.60. The van der Waals surface area contributed by atoms with Gasteiger partial charge in [-0.1, -0.05) is 18.1 Å². The second kappa shape index (κ2) is 5.80. The highest BCUT2D eigenvalue weighted by Gasteiger charge is 2.48. The third kappa shape index (κ3) is 2.09. The minimum absolute atomic E-state index is 0.0444. The molecule has 1 saturated carbocycles. The van der Waals surface area contributed by atoms with Gasteiger partial charge >= 0.3 is 5.97 Å². The van der Waals surface area contributed by atoms with Crippen LogP contribution in [-0.4, -0.2) is 49.6 Å². The van der Waals surface area contributed by atoms with Crippen LogP contribution in [0.1, 0.15) is 47.9 Å². The first-order valence-electron chi connectivity index (χ1n) is 8.83. The van der Waals surface area contributed by atoms with Crippen LogP contribution in [0, 0.1) is 17.4 Å². The lowest BCUT2D eigenvalue weighted by molar-refractivity contribution is 0.0593. The zero-order valence-corrected chi connectivity index (χ0v) is 14.6. The molecule has 5 rings (SSSR count). The lowest BCUT2D eigenvalue weighted by atomic mass is 9.80. The van der Waals surface area contributed by atoms with Crippen LogP contribution in [0.15, 0.2) is 17.6 Å². The van der Waals surface area contributed by atoms with E-state index < -0.39 is 5.97 Å². The molecule has 0 amide bonds. The van der Waals surface area contributed by atoms with Crippen LogP contribution in [0.5, 0.6) is 0 Å². The minimum atomic E-state index is -0.668. The number of nitrogens with one attached hydrogen (secondary N) is 1. The molecule has 2 aromatic rings. The van der Waals surface area contributed by atoms with Crippen molar-refractivity contribution in [2.75, 3.05) is 12.0 Å². The van der Waals surface area contributed by atoms with E-state index in [9.17, 15) is 10.1 Å². The van der Waals surface area contributed by atoms with Gasteiger partial charge in [0.2, 0.25) is 11.9 Å². The Morgan fingerprint density at radius 1 is 1.41 bits per heavy atom. The number of nitriles is 1. The van der Waals surface area contributed by atoms with E-state index in [1.807, 2.05) is 17.4 Å². The number of hydrogen-bond acceptors (Lipinski definition) is 9. The number of hydrazone groups is 1. The highest BCUT2D eigenvalue weighted by atomic mass is 16.5. The van der Waals surface area contributed by atoms with E-state index in [1.54, 1.807) is 6.20 Å². The van der Waals surface area contributed by atoms with Gasteiger partial charge in [-0.3, -0.25) is 10.3 Å². The Kier molecular flexibility index (Phi) is 3.40. The Labute approximate surface area is 154 Å². The lowest BCUT2D eigenvalue weighted by Crippen LogP contribution is -2.54. The number of fused-ring (bicyclic) bond motifs is 6. The maximum absolute atomic E-state index is 12.1. The molecule has 1 N–H and O–H groups in total. The third-order valence-corrected chi connectivity index (χ3v) is 5.60. The summed E-state index contributed by atoms with van der Waals surface area (Å²) in [7, 11) is 1.26. The first kappa shape index (κ1) is 15.8. The van der Waals surface area contributed by atoms with Crippen molar-refractivity contribution in [1.29, 1.82) is 5.26 Å². The van der Waals surface area contributed by atoms with Crippen LogP contribution in [0.3, 0.4) is 0 Å². The number of imidazole rings is 1. The molecule has 1 aliphatic carbocycles. The number of anilines is 1. The van der Waals surface area contributed by atoms with Gasteiger partial charge in [-0.15, -0.1) is 9.78 Å². The van der Waals surface area contributed by atoms with Gasteiger partial charge in [0.05, 0.1) is 19.6 Å². The number of esters is 1. The second-order valence-corrected chi connectivity index (χ2v) is 6.84. The largest absolute Gasteiger partial charge is 0.464 e. The first-order chi connectivity index (χ1) is 13.2. The molecule has 3 atom stereocenters. The molecular formula is C16H17N9O2. The monoisotopic (exact) mass is 367 g/mol. The highest BCUT2D eigenvalue weighted by Crippen LogP contribution is 2.45. The fourth-order valence-corrected chi connectivity index (χ4v) is 4.46. The topological polar surface area (TPSA) is 126 Å². The van der Waals surface area contributed by atoms with E-state index in [-0.39, 0.29) is 17.6 Å². The van der Waals surface area contributed by atoms with Gasteiger partial charge in [-0.25, -0.2) is 9.78 Å². The molecule has 0 saturated heterocycles. The number of rotatable bonds is 2. The van der Waals surface area contributed by atoms with Gasteiger partial charge in [0.25, 0.3) is 0 Å². The quantitative estimate of drug-likeness (QED) is 0.757. The fourth-order valence-electron chi connectivity index (χ4n) is 4.46. The molecule has 3 aliphatic rings. The molecule has 11 nitrogen and oxygen atoms in total. The Bertz CT molecular complexity index is 984. The standard InChI is InChI=1S/C16H17N9O2/c1-27-16(26)12-13(24(7-17)22-19-12)15-21-20-14-9-4-2-3-5-10(9)23-8-18-6-11(23)25(14)15/h6,8-10,14,20H,2-5H2,1H3. The van der Waals surface area contributed by atoms with E-state index in [2.05, 4.69) is 30.4 Å². The molecule has 2 aliphatic heterocycles. The van der Waals surface area contributed by atoms with Crippen LogP contribution < -0.4 is 10.3 Å². The van der Waals surface area contributed by atoms with Crippen LogP contribution in [0.25, 0.3) is 0 Å². The zero-order valence-electron chi connectivity index (χ0n) is 14.6. The molecule has 0 radical (unpaired) electrons. The molecule has 138 valence electrons. The van der Waals surface area contributed by atoms with Gasteiger partial charge < -0.3 is 9.30 Å². The summed E-state index contributed by atoms with van der Waals surface area (Å²) in [5.74, 6) is 0.958. The van der Waals surface area contributed by atoms with Crippen molar-refractivity contribution in [3.63, 3.8) is 0 Å². The van der Waals surface area contributed by atoms with Crippen molar-refractivity contribution >= 4 is 17.6 Å². The normalized spacial score (nSPS) is 25.6. The maximum Gasteiger partial charge on any atom is 0.361 e. The van der Waals surface area contributed by atoms with Gasteiger partial charge in [0.15, 0.2) is 11.5 Å². The van der Waals surface area contributed by atoms with E-state index in [1.165, 1.54) is 13.5 Å². The summed E-state index contributed by atoms with van der Waals surface area (Å²) in [6, 6.07) is 0.360. The summed E-state index contributed by atoms with van der Waals surface area (Å²) in [5, 5.41) is 21.5. The summed E-state index contributed by atoms with van der Waals surface area (Å²) in [5.41, 5.74) is 3.37. The van der Waals surface area contributed by atoms with Crippen molar-refractivity contribution in [2.45, 2.75) is 37.9 Å². The molecule has 0 bridgehead atoms. The van der Waals surface area contributed by atoms with Crippen molar-refractivity contribution in [1.82, 2.24) is 30.0 Å². The van der Waals surface area contributed by atoms with Crippen LogP contribution in [0.4, 0.5) is 5.82 Å². The Hall–Kier alpha value is -3.42.